The molecule has 6 heteroatoms. The van der Waals surface area contributed by atoms with Crippen molar-refractivity contribution >= 4 is 17.4 Å². The third kappa shape index (κ3) is 3.80. The lowest BCUT2D eigenvalue weighted by atomic mass is 10.1. The molecule has 0 atom stereocenters. The number of nitrogens with zero attached hydrogens (tertiary/aromatic N) is 4. The Kier molecular flexibility index (Phi) is 5.07. The number of rotatable bonds is 6. The fourth-order valence-electron chi connectivity index (χ4n) is 2.82. The molecular formula is C21H20N4OS. The second-order valence-electron chi connectivity index (χ2n) is 6.14. The Morgan fingerprint density at radius 3 is 2.56 bits per heavy atom. The first-order valence-electron chi connectivity index (χ1n) is 8.87. The van der Waals surface area contributed by atoms with Crippen LogP contribution in [-0.2, 0) is 5.75 Å². The van der Waals surface area contributed by atoms with Crippen molar-refractivity contribution < 1.29 is 4.74 Å². The highest BCUT2D eigenvalue weighted by molar-refractivity contribution is 7.98. The normalized spacial score (nSPS) is 11.0. The monoisotopic (exact) mass is 376 g/mol. The summed E-state index contributed by atoms with van der Waals surface area (Å²) in [5, 5.41) is 14.2. The number of aromatic nitrogens is 4. The summed E-state index contributed by atoms with van der Waals surface area (Å²) in [4.78, 5) is 0. The standard InChI is InChI=1S/C21H20N4OS/c1-3-26-18-10-8-16(9-11-18)21-23-22-19-12-13-20(24-25(19)21)27-14-17-7-5-4-6-15(17)2/h4-13H,3,14H2,1-2H3. The second kappa shape index (κ2) is 7.80. The van der Waals surface area contributed by atoms with Crippen molar-refractivity contribution in [2.75, 3.05) is 6.61 Å². The van der Waals surface area contributed by atoms with Crippen LogP contribution in [0, 0.1) is 6.92 Å². The molecule has 2 heterocycles. The maximum absolute atomic E-state index is 5.51. The molecule has 0 bridgehead atoms. The number of ether oxygens (including phenoxy) is 1. The number of fused-ring (bicyclic) bond motifs is 1. The fraction of sp³-hybridized carbons (Fsp3) is 0.190. The second-order valence-corrected chi connectivity index (χ2v) is 7.13. The molecule has 2 aromatic carbocycles. The number of thioether (sulfide) groups is 1. The van der Waals surface area contributed by atoms with E-state index in [4.69, 9.17) is 9.84 Å². The zero-order valence-corrected chi connectivity index (χ0v) is 16.1. The smallest absolute Gasteiger partial charge is 0.185 e. The molecule has 0 aliphatic carbocycles. The van der Waals surface area contributed by atoms with Crippen molar-refractivity contribution in [2.45, 2.75) is 24.6 Å². The Morgan fingerprint density at radius 2 is 1.78 bits per heavy atom. The Morgan fingerprint density at radius 1 is 0.963 bits per heavy atom. The molecular weight excluding hydrogens is 356 g/mol. The van der Waals surface area contributed by atoms with Crippen molar-refractivity contribution in [1.29, 1.82) is 0 Å². The highest BCUT2D eigenvalue weighted by atomic mass is 32.2. The fourth-order valence-corrected chi connectivity index (χ4v) is 3.75. The van der Waals surface area contributed by atoms with Crippen molar-refractivity contribution in [2.24, 2.45) is 0 Å². The van der Waals surface area contributed by atoms with E-state index in [1.807, 2.05) is 43.3 Å². The molecule has 0 saturated carbocycles. The number of hydrogen-bond donors (Lipinski definition) is 0. The van der Waals surface area contributed by atoms with Gasteiger partial charge in [-0.05, 0) is 61.4 Å². The number of benzene rings is 2. The van der Waals surface area contributed by atoms with Gasteiger partial charge in [-0.1, -0.05) is 36.0 Å². The summed E-state index contributed by atoms with van der Waals surface area (Å²) < 4.78 is 7.31. The lowest BCUT2D eigenvalue weighted by molar-refractivity contribution is 0.340. The van der Waals surface area contributed by atoms with Crippen LogP contribution in [0.4, 0.5) is 0 Å². The zero-order valence-electron chi connectivity index (χ0n) is 15.3. The van der Waals surface area contributed by atoms with E-state index in [-0.39, 0.29) is 0 Å². The first kappa shape index (κ1) is 17.5. The van der Waals surface area contributed by atoms with E-state index >= 15 is 0 Å². The highest BCUT2D eigenvalue weighted by Crippen LogP contribution is 2.25. The summed E-state index contributed by atoms with van der Waals surface area (Å²) in [6.45, 7) is 4.76. The number of aryl methyl sites for hydroxylation is 1. The Bertz CT molecular complexity index is 1060. The van der Waals surface area contributed by atoms with Gasteiger partial charge in [-0.25, -0.2) is 0 Å². The number of hydrogen-bond acceptors (Lipinski definition) is 5. The van der Waals surface area contributed by atoms with E-state index in [2.05, 4.69) is 41.4 Å². The van der Waals surface area contributed by atoms with Crippen molar-refractivity contribution in [3.8, 4) is 17.1 Å². The highest BCUT2D eigenvalue weighted by Gasteiger charge is 2.11. The van der Waals surface area contributed by atoms with E-state index in [1.165, 1.54) is 11.1 Å². The van der Waals surface area contributed by atoms with E-state index in [0.717, 1.165) is 33.6 Å². The summed E-state index contributed by atoms with van der Waals surface area (Å²) in [5.41, 5.74) is 4.31. The first-order valence-corrected chi connectivity index (χ1v) is 9.86. The predicted molar refractivity (Wildman–Crippen MR) is 108 cm³/mol. The molecule has 0 saturated heterocycles. The molecule has 27 heavy (non-hydrogen) atoms. The van der Waals surface area contributed by atoms with Gasteiger partial charge in [-0.3, -0.25) is 0 Å². The van der Waals surface area contributed by atoms with Crippen LogP contribution in [0.25, 0.3) is 17.0 Å². The van der Waals surface area contributed by atoms with Gasteiger partial charge in [0.15, 0.2) is 11.5 Å². The Balaban J connectivity index is 1.60. The molecule has 4 rings (SSSR count). The van der Waals surface area contributed by atoms with Gasteiger partial charge >= 0.3 is 0 Å². The minimum Gasteiger partial charge on any atom is -0.494 e. The molecule has 2 aromatic heterocycles. The summed E-state index contributed by atoms with van der Waals surface area (Å²) in [5.74, 6) is 2.45. The lowest BCUT2D eigenvalue weighted by Crippen LogP contribution is -1.97. The van der Waals surface area contributed by atoms with E-state index in [1.54, 1.807) is 16.3 Å². The van der Waals surface area contributed by atoms with Crippen molar-refractivity contribution in [3.05, 3.63) is 71.8 Å². The maximum atomic E-state index is 5.51. The van der Waals surface area contributed by atoms with Crippen LogP contribution < -0.4 is 4.74 Å². The average Bonchev–Trinajstić information content (AvgIpc) is 3.11. The van der Waals surface area contributed by atoms with Gasteiger partial charge in [0.1, 0.15) is 10.8 Å². The third-order valence-corrected chi connectivity index (χ3v) is 5.27. The molecule has 0 aliphatic heterocycles. The molecule has 4 aromatic rings. The molecule has 0 unspecified atom stereocenters. The zero-order chi connectivity index (χ0) is 18.6. The van der Waals surface area contributed by atoms with E-state index in [9.17, 15) is 0 Å². The Hall–Kier alpha value is -2.86. The molecule has 0 amide bonds. The van der Waals surface area contributed by atoms with Crippen LogP contribution in [0.1, 0.15) is 18.1 Å². The van der Waals surface area contributed by atoms with Crippen LogP contribution >= 0.6 is 11.8 Å². The molecule has 5 nitrogen and oxygen atoms in total. The van der Waals surface area contributed by atoms with Gasteiger partial charge < -0.3 is 4.74 Å². The summed E-state index contributed by atoms with van der Waals surface area (Å²) >= 11 is 1.71. The van der Waals surface area contributed by atoms with Crippen LogP contribution in [0.15, 0.2) is 65.7 Å². The molecule has 0 spiro atoms. The Labute approximate surface area is 162 Å². The first-order chi connectivity index (χ1) is 13.2. The topological polar surface area (TPSA) is 52.3 Å². The van der Waals surface area contributed by atoms with Gasteiger partial charge in [0.25, 0.3) is 0 Å². The molecule has 0 N–H and O–H groups in total. The SMILES string of the molecule is CCOc1ccc(-c2nnc3ccc(SCc4ccccc4C)nn23)cc1. The maximum Gasteiger partial charge on any atom is 0.185 e. The van der Waals surface area contributed by atoms with Crippen LogP contribution in [0.5, 0.6) is 5.75 Å². The third-order valence-electron chi connectivity index (χ3n) is 4.30. The summed E-state index contributed by atoms with van der Waals surface area (Å²) in [7, 11) is 0. The molecule has 0 fully saturated rings. The molecule has 0 aliphatic rings. The lowest BCUT2D eigenvalue weighted by Gasteiger charge is -2.06. The van der Waals surface area contributed by atoms with Gasteiger partial charge in [-0.15, -0.1) is 10.2 Å². The van der Waals surface area contributed by atoms with Crippen LogP contribution in [0.2, 0.25) is 0 Å². The molecule has 0 radical (unpaired) electrons. The van der Waals surface area contributed by atoms with Crippen molar-refractivity contribution in [3.63, 3.8) is 0 Å². The van der Waals surface area contributed by atoms with Crippen LogP contribution in [0.3, 0.4) is 0 Å². The van der Waals surface area contributed by atoms with Gasteiger partial charge in [-0.2, -0.15) is 9.61 Å². The minimum absolute atomic E-state index is 0.649. The minimum atomic E-state index is 0.649. The predicted octanol–water partition coefficient (Wildman–Crippen LogP) is 4.79. The molecule has 136 valence electrons. The summed E-state index contributed by atoms with van der Waals surface area (Å²) in [6.07, 6.45) is 0. The van der Waals surface area contributed by atoms with E-state index in [0.29, 0.717) is 6.61 Å². The van der Waals surface area contributed by atoms with Gasteiger partial charge in [0.2, 0.25) is 0 Å². The summed E-state index contributed by atoms with van der Waals surface area (Å²) in [6, 6.07) is 20.2. The van der Waals surface area contributed by atoms with Crippen molar-refractivity contribution in [1.82, 2.24) is 19.8 Å². The average molecular weight is 376 g/mol. The van der Waals surface area contributed by atoms with Crippen LogP contribution in [-0.4, -0.2) is 26.4 Å². The largest absolute Gasteiger partial charge is 0.494 e. The quantitative estimate of drug-likeness (QED) is 0.453. The van der Waals surface area contributed by atoms with Gasteiger partial charge in [0, 0.05) is 11.3 Å². The van der Waals surface area contributed by atoms with E-state index < -0.39 is 0 Å². The van der Waals surface area contributed by atoms with Gasteiger partial charge in [0.05, 0.1) is 6.61 Å².